The number of rotatable bonds is 39. The third-order valence-electron chi connectivity index (χ3n) is 6.32. The molecule has 2 aromatic heterocycles. The van der Waals surface area contributed by atoms with Crippen molar-refractivity contribution >= 4 is 27.5 Å². The summed E-state index contributed by atoms with van der Waals surface area (Å²) in [4.78, 5) is 16.1. The average molecular weight is 780 g/mol. The molecule has 0 atom stereocenters. The maximum absolute atomic E-state index is 11.9. The van der Waals surface area contributed by atoms with E-state index in [1.165, 1.54) is 0 Å². The van der Waals surface area contributed by atoms with Gasteiger partial charge in [-0.2, -0.15) is 0 Å². The molecule has 0 aromatic carbocycles. The highest BCUT2D eigenvalue weighted by Crippen LogP contribution is 2.29. The molecule has 298 valence electrons. The Morgan fingerprint density at radius 2 is 1.12 bits per heavy atom. The first kappa shape index (κ1) is 46.2. The molecule has 0 saturated carbocycles. The summed E-state index contributed by atoms with van der Waals surface area (Å²) in [6.07, 6.45) is 3.90. The summed E-state index contributed by atoms with van der Waals surface area (Å²) in [5, 5.41) is 20.4. The average Bonchev–Trinajstić information content (AvgIpc) is 3.64. The van der Waals surface area contributed by atoms with Crippen LogP contribution in [0.4, 0.5) is 0 Å². The van der Waals surface area contributed by atoms with Crippen LogP contribution in [0.15, 0.2) is 35.6 Å². The maximum atomic E-state index is 11.9. The number of pyridine rings is 1. The number of nitrogens with one attached hydrogen (secondary N) is 1. The van der Waals surface area contributed by atoms with Gasteiger partial charge in [0.15, 0.2) is 0 Å². The van der Waals surface area contributed by atoms with E-state index >= 15 is 0 Å². The zero-order valence-corrected chi connectivity index (χ0v) is 31.7. The van der Waals surface area contributed by atoms with E-state index in [4.69, 9.17) is 52.5 Å². The van der Waals surface area contributed by atoms with Crippen molar-refractivity contribution in [1.82, 2.24) is 25.3 Å². The number of carbonyl (C=O) groups excluding carboxylic acids is 1. The van der Waals surface area contributed by atoms with Crippen LogP contribution in [0.1, 0.15) is 12.1 Å². The number of aromatic nitrogens is 4. The first-order valence-electron chi connectivity index (χ1n) is 17.5. The van der Waals surface area contributed by atoms with Gasteiger partial charge in [0.25, 0.3) is 0 Å². The molecule has 0 radical (unpaired) electrons. The lowest BCUT2D eigenvalue weighted by Crippen LogP contribution is -2.27. The fourth-order valence-electron chi connectivity index (χ4n) is 3.74. The molecular formula is C33H57N5O12S2. The van der Waals surface area contributed by atoms with E-state index in [1.54, 1.807) is 38.7 Å². The zero-order valence-electron chi connectivity index (χ0n) is 30.1. The van der Waals surface area contributed by atoms with Crippen LogP contribution in [0.25, 0.3) is 0 Å². The first-order chi connectivity index (χ1) is 25.8. The first-order valence-corrected chi connectivity index (χ1v) is 19.8. The van der Waals surface area contributed by atoms with E-state index in [2.05, 4.69) is 20.6 Å². The Bertz CT molecular complexity index is 1070. The summed E-state index contributed by atoms with van der Waals surface area (Å²) < 4.78 is 56.4. The third-order valence-corrected chi connectivity index (χ3v) is 8.59. The fraction of sp³-hybridized carbons (Fsp3) is 0.758. The molecule has 52 heavy (non-hydrogen) atoms. The molecule has 2 rings (SSSR count). The second-order valence-corrected chi connectivity index (χ2v) is 12.9. The summed E-state index contributed by atoms with van der Waals surface area (Å²) >= 11 is 0. The number of hydrogen-bond acceptors (Lipinski definition) is 17. The molecule has 19 heteroatoms. The molecule has 0 fully saturated rings. The van der Waals surface area contributed by atoms with Gasteiger partial charge < -0.3 is 57.8 Å². The summed E-state index contributed by atoms with van der Waals surface area (Å²) in [7, 11) is 3.18. The Balaban J connectivity index is 1.14. The van der Waals surface area contributed by atoms with E-state index in [0.717, 1.165) is 10.8 Å². The van der Waals surface area contributed by atoms with Gasteiger partial charge in [-0.15, -0.1) is 5.10 Å². The van der Waals surface area contributed by atoms with Crippen molar-refractivity contribution in [1.29, 1.82) is 0 Å². The van der Waals surface area contributed by atoms with Crippen molar-refractivity contribution in [3.63, 3.8) is 0 Å². The standard InChI is InChI=1S/C33H57N5O12S2/c39-30-31-29-38(37-36-31)7-9-42-11-13-44-15-17-46-19-21-48-23-25-50-27-26-49-24-22-47-20-18-45-16-14-43-12-10-41-8-6-34-32(40)4-28-51-52-33-3-1-2-5-35-33/h1-3,5,29,39H,4,6-28,30H2,(H,34,40). The molecular weight excluding hydrogens is 723 g/mol. The second-order valence-electron chi connectivity index (χ2n) is 10.4. The lowest BCUT2D eigenvalue weighted by atomic mass is 10.4. The number of nitrogens with zero attached hydrogens (tertiary/aromatic N) is 4. The van der Waals surface area contributed by atoms with Crippen LogP contribution >= 0.6 is 21.6 Å². The minimum atomic E-state index is -0.120. The van der Waals surface area contributed by atoms with E-state index in [-0.39, 0.29) is 12.5 Å². The van der Waals surface area contributed by atoms with Crippen molar-refractivity contribution in [2.75, 3.05) is 144 Å². The SMILES string of the molecule is O=C(CCSSc1ccccn1)NCCOCCOCCOCCOCCOCCOCCOCCOCCOCCOCCn1cc(CO)nn1. The molecule has 0 unspecified atom stereocenters. The molecule has 0 spiro atoms. The molecule has 2 N–H and O–H groups in total. The van der Waals surface area contributed by atoms with Gasteiger partial charge in [0.2, 0.25) is 5.91 Å². The van der Waals surface area contributed by atoms with Gasteiger partial charge in [0, 0.05) is 24.9 Å². The Morgan fingerprint density at radius 1 is 0.654 bits per heavy atom. The van der Waals surface area contributed by atoms with E-state index < -0.39 is 0 Å². The monoisotopic (exact) mass is 779 g/mol. The van der Waals surface area contributed by atoms with E-state index in [1.807, 2.05) is 18.2 Å². The van der Waals surface area contributed by atoms with E-state index in [0.29, 0.717) is 157 Å². The lowest BCUT2D eigenvalue weighted by molar-refractivity contribution is -0.120. The number of hydrogen-bond donors (Lipinski definition) is 2. The van der Waals surface area contributed by atoms with Crippen LogP contribution in [0.2, 0.25) is 0 Å². The van der Waals surface area contributed by atoms with Gasteiger partial charge in [0.05, 0.1) is 151 Å². The van der Waals surface area contributed by atoms with Crippen molar-refractivity contribution in [3.8, 4) is 0 Å². The molecule has 0 aliphatic carbocycles. The summed E-state index contributed by atoms with van der Waals surface area (Å²) in [6, 6.07) is 5.77. The highest BCUT2D eigenvalue weighted by molar-refractivity contribution is 8.76. The molecule has 0 bridgehead atoms. The zero-order chi connectivity index (χ0) is 36.8. The number of aliphatic hydroxyl groups is 1. The van der Waals surface area contributed by atoms with Crippen molar-refractivity contribution < 1.29 is 57.3 Å². The molecule has 0 aliphatic rings. The van der Waals surface area contributed by atoms with Crippen molar-refractivity contribution in [2.24, 2.45) is 0 Å². The topological polar surface area (TPSA) is 185 Å². The Hall–Kier alpha value is -1.98. The minimum Gasteiger partial charge on any atom is -0.390 e. The molecule has 2 aromatic rings. The maximum Gasteiger partial charge on any atom is 0.220 e. The van der Waals surface area contributed by atoms with Gasteiger partial charge in [0.1, 0.15) is 10.7 Å². The molecule has 1 amide bonds. The number of ether oxygens (including phenoxy) is 10. The van der Waals surface area contributed by atoms with Crippen molar-refractivity contribution in [2.45, 2.75) is 24.6 Å². The molecule has 2 heterocycles. The van der Waals surface area contributed by atoms with Crippen molar-refractivity contribution in [3.05, 3.63) is 36.3 Å². The van der Waals surface area contributed by atoms with Gasteiger partial charge in [-0.05, 0) is 22.9 Å². The van der Waals surface area contributed by atoms with Gasteiger partial charge in [-0.25, -0.2) is 9.67 Å². The smallest absolute Gasteiger partial charge is 0.220 e. The number of aliphatic hydroxyl groups excluding tert-OH is 1. The molecule has 0 aliphatic heterocycles. The predicted molar refractivity (Wildman–Crippen MR) is 194 cm³/mol. The van der Waals surface area contributed by atoms with Gasteiger partial charge >= 0.3 is 0 Å². The Morgan fingerprint density at radius 3 is 1.54 bits per heavy atom. The predicted octanol–water partition coefficient (Wildman–Crippen LogP) is 1.28. The van der Waals surface area contributed by atoms with Crippen LogP contribution in [0.3, 0.4) is 0 Å². The number of carbonyl (C=O) groups is 1. The summed E-state index contributed by atoms with van der Waals surface area (Å²) in [5.41, 5.74) is 0.538. The molecule has 0 saturated heterocycles. The Labute approximate surface area is 314 Å². The van der Waals surface area contributed by atoms with E-state index in [9.17, 15) is 4.79 Å². The largest absolute Gasteiger partial charge is 0.390 e. The van der Waals surface area contributed by atoms with Gasteiger partial charge in [-0.1, -0.05) is 22.1 Å². The Kier molecular flexibility index (Phi) is 32.0. The van der Waals surface area contributed by atoms with Crippen LogP contribution in [-0.2, 0) is 65.3 Å². The highest BCUT2D eigenvalue weighted by Gasteiger charge is 2.03. The quantitative estimate of drug-likeness (QED) is 0.0730. The second kappa shape index (κ2) is 36.0. The highest BCUT2D eigenvalue weighted by atomic mass is 33.1. The van der Waals surface area contributed by atoms with Gasteiger partial charge in [-0.3, -0.25) is 4.79 Å². The summed E-state index contributed by atoms with van der Waals surface area (Å²) in [5.74, 6) is 0.736. The minimum absolute atomic E-state index is 0.0143. The summed E-state index contributed by atoms with van der Waals surface area (Å²) in [6.45, 7) is 10.6. The third kappa shape index (κ3) is 29.5. The van der Waals surface area contributed by atoms with Crippen LogP contribution in [0, 0.1) is 0 Å². The molecule has 17 nitrogen and oxygen atoms in total. The van der Waals surface area contributed by atoms with Crippen LogP contribution in [0.5, 0.6) is 0 Å². The fourth-order valence-corrected chi connectivity index (χ4v) is 5.61. The van der Waals surface area contributed by atoms with Crippen LogP contribution in [-0.4, -0.2) is 175 Å². The lowest BCUT2D eigenvalue weighted by Gasteiger charge is -2.09. The normalized spacial score (nSPS) is 11.4. The number of amides is 1. The van der Waals surface area contributed by atoms with Crippen LogP contribution < -0.4 is 5.32 Å².